The van der Waals surface area contributed by atoms with E-state index in [1.165, 1.54) is 0 Å². The van der Waals surface area contributed by atoms with Crippen molar-refractivity contribution in [2.75, 3.05) is 34.5 Å². The Morgan fingerprint density at radius 3 is 1.14 bits per heavy atom. The summed E-state index contributed by atoms with van der Waals surface area (Å²) in [5.41, 5.74) is 3.92. The second-order valence-corrected chi connectivity index (χ2v) is 11.1. The summed E-state index contributed by atoms with van der Waals surface area (Å²) in [4.78, 5) is 54.8. The van der Waals surface area contributed by atoms with Gasteiger partial charge in [0.15, 0.2) is 0 Å². The average molecular weight is 589 g/mol. The van der Waals surface area contributed by atoms with Crippen molar-refractivity contribution in [2.24, 2.45) is 11.8 Å². The largest absolute Gasteiger partial charge is 0.326 e. The number of para-hydroxylation sites is 2. The molecule has 1 saturated carbocycles. The quantitative estimate of drug-likeness (QED) is 0.242. The Labute approximate surface area is 257 Å². The Morgan fingerprint density at radius 2 is 0.818 bits per heavy atom. The highest BCUT2D eigenvalue weighted by atomic mass is 16.2. The lowest BCUT2D eigenvalue weighted by Gasteiger charge is -2.27. The average Bonchev–Trinajstić information content (AvgIpc) is 3.08. The maximum Gasteiger partial charge on any atom is 0.258 e. The molecule has 1 aliphatic rings. The maximum absolute atomic E-state index is 13.0. The molecule has 0 bridgehead atoms. The van der Waals surface area contributed by atoms with Gasteiger partial charge in [-0.2, -0.15) is 0 Å². The van der Waals surface area contributed by atoms with Crippen LogP contribution in [0.3, 0.4) is 0 Å². The molecular weight excluding hydrogens is 552 g/mol. The van der Waals surface area contributed by atoms with Gasteiger partial charge in [0.2, 0.25) is 11.8 Å². The molecule has 0 saturated heterocycles. The smallest absolute Gasteiger partial charge is 0.258 e. The van der Waals surface area contributed by atoms with Crippen LogP contribution >= 0.6 is 0 Å². The van der Waals surface area contributed by atoms with Crippen LogP contribution < -0.4 is 20.4 Å². The van der Waals surface area contributed by atoms with Gasteiger partial charge in [-0.1, -0.05) is 36.4 Å². The fourth-order valence-electron chi connectivity index (χ4n) is 5.42. The number of nitrogens with one attached hydrogen (secondary N) is 2. The molecule has 0 spiro atoms. The Kier molecular flexibility index (Phi) is 9.49. The van der Waals surface area contributed by atoms with Crippen LogP contribution in [-0.2, 0) is 9.59 Å². The van der Waals surface area contributed by atoms with Gasteiger partial charge in [-0.3, -0.25) is 19.2 Å². The van der Waals surface area contributed by atoms with Crippen molar-refractivity contribution in [2.45, 2.75) is 25.7 Å². The Balaban J connectivity index is 1.08. The standard InChI is InChI=1S/C36H36N4O4/c1-39(31-9-5-3-6-10-31)35(43)27-17-21-29(22-18-27)37-33(41)25-13-15-26(16-14-25)34(42)38-30-23-19-28(20-24-30)36(44)40(2)32-11-7-4-8-12-32/h3-12,17-26H,13-16H2,1-2H3,(H,37,41)(H,38,42). The minimum Gasteiger partial charge on any atom is -0.326 e. The van der Waals surface area contributed by atoms with Crippen LogP contribution in [0, 0.1) is 11.8 Å². The lowest BCUT2D eigenvalue weighted by atomic mass is 9.81. The summed E-state index contributed by atoms with van der Waals surface area (Å²) in [7, 11) is 3.46. The van der Waals surface area contributed by atoms with E-state index < -0.39 is 0 Å². The van der Waals surface area contributed by atoms with Gasteiger partial charge in [0, 0.05) is 59.8 Å². The van der Waals surface area contributed by atoms with Crippen molar-refractivity contribution < 1.29 is 19.2 Å². The predicted octanol–water partition coefficient (Wildman–Crippen LogP) is 6.62. The highest BCUT2D eigenvalue weighted by Crippen LogP contribution is 2.31. The van der Waals surface area contributed by atoms with E-state index in [1.807, 2.05) is 60.7 Å². The number of carbonyl (C=O) groups is 4. The first-order chi connectivity index (χ1) is 21.3. The summed E-state index contributed by atoms with van der Waals surface area (Å²) in [5, 5.41) is 5.92. The minimum atomic E-state index is -0.184. The molecule has 0 heterocycles. The Morgan fingerprint density at radius 1 is 0.500 bits per heavy atom. The molecule has 224 valence electrons. The molecule has 5 rings (SSSR count). The molecule has 1 aliphatic carbocycles. The van der Waals surface area contributed by atoms with Crippen LogP contribution in [0.5, 0.6) is 0 Å². The number of hydrogen-bond acceptors (Lipinski definition) is 4. The van der Waals surface area contributed by atoms with Gasteiger partial charge >= 0.3 is 0 Å². The molecule has 4 aromatic carbocycles. The van der Waals surface area contributed by atoms with Crippen LogP contribution in [-0.4, -0.2) is 37.7 Å². The highest BCUT2D eigenvalue weighted by Gasteiger charge is 2.30. The van der Waals surface area contributed by atoms with Gasteiger partial charge in [-0.25, -0.2) is 0 Å². The molecule has 0 atom stereocenters. The zero-order chi connectivity index (χ0) is 31.1. The van der Waals surface area contributed by atoms with Gasteiger partial charge in [-0.15, -0.1) is 0 Å². The van der Waals surface area contributed by atoms with Crippen LogP contribution in [0.25, 0.3) is 0 Å². The fourth-order valence-corrected chi connectivity index (χ4v) is 5.42. The SMILES string of the molecule is CN(C(=O)c1ccc(NC(=O)C2CCC(C(=O)Nc3ccc(C(=O)N(C)c4ccccc4)cc3)CC2)cc1)c1ccccc1. The molecule has 8 heteroatoms. The first-order valence-corrected chi connectivity index (χ1v) is 14.8. The summed E-state index contributed by atoms with van der Waals surface area (Å²) >= 11 is 0. The van der Waals surface area contributed by atoms with Crippen LogP contribution in [0.4, 0.5) is 22.7 Å². The second-order valence-electron chi connectivity index (χ2n) is 11.1. The monoisotopic (exact) mass is 588 g/mol. The zero-order valence-electron chi connectivity index (χ0n) is 24.9. The summed E-state index contributed by atoms with van der Waals surface area (Å²) in [6, 6.07) is 32.6. The number of anilines is 4. The molecule has 44 heavy (non-hydrogen) atoms. The number of rotatable bonds is 8. The lowest BCUT2D eigenvalue weighted by molar-refractivity contribution is -0.125. The molecule has 2 N–H and O–H groups in total. The topological polar surface area (TPSA) is 98.8 Å². The summed E-state index contributed by atoms with van der Waals surface area (Å²) in [5.74, 6) is -0.792. The van der Waals surface area contributed by atoms with Crippen molar-refractivity contribution in [3.63, 3.8) is 0 Å². The number of hydrogen-bond donors (Lipinski definition) is 2. The van der Waals surface area contributed by atoms with Gasteiger partial charge < -0.3 is 20.4 Å². The van der Waals surface area contributed by atoms with Gasteiger partial charge in [0.05, 0.1) is 0 Å². The van der Waals surface area contributed by atoms with Crippen LogP contribution in [0.1, 0.15) is 46.4 Å². The van der Waals surface area contributed by atoms with Gasteiger partial charge in [-0.05, 0) is 98.5 Å². The fraction of sp³-hybridized carbons (Fsp3) is 0.222. The van der Waals surface area contributed by atoms with Crippen molar-refractivity contribution >= 4 is 46.4 Å². The van der Waals surface area contributed by atoms with E-state index in [-0.39, 0.29) is 35.5 Å². The molecule has 0 unspecified atom stereocenters. The van der Waals surface area contributed by atoms with E-state index in [2.05, 4.69) is 10.6 Å². The van der Waals surface area contributed by atoms with Crippen molar-refractivity contribution in [1.82, 2.24) is 0 Å². The molecule has 4 amide bonds. The van der Waals surface area contributed by atoms with Crippen molar-refractivity contribution in [1.29, 1.82) is 0 Å². The molecule has 0 aromatic heterocycles. The molecule has 4 aromatic rings. The normalized spacial score (nSPS) is 16.0. The third-order valence-corrected chi connectivity index (χ3v) is 8.16. The summed E-state index contributed by atoms with van der Waals surface area (Å²) in [6.45, 7) is 0. The summed E-state index contributed by atoms with van der Waals surface area (Å²) in [6.07, 6.45) is 2.45. The van der Waals surface area contributed by atoms with Crippen molar-refractivity contribution in [3.05, 3.63) is 120 Å². The first-order valence-electron chi connectivity index (χ1n) is 14.8. The zero-order valence-corrected chi connectivity index (χ0v) is 24.9. The third-order valence-electron chi connectivity index (χ3n) is 8.16. The number of nitrogens with zero attached hydrogens (tertiary/aromatic N) is 2. The van der Waals surface area contributed by atoms with E-state index in [0.717, 1.165) is 11.4 Å². The molecule has 1 fully saturated rings. The van der Waals surface area contributed by atoms with Crippen molar-refractivity contribution in [3.8, 4) is 0 Å². The number of carbonyl (C=O) groups excluding carboxylic acids is 4. The summed E-state index contributed by atoms with van der Waals surface area (Å²) < 4.78 is 0. The maximum atomic E-state index is 13.0. The Hall–Kier alpha value is -5.24. The van der Waals surface area contributed by atoms with Gasteiger partial charge in [0.1, 0.15) is 0 Å². The predicted molar refractivity (Wildman–Crippen MR) is 174 cm³/mol. The molecule has 0 aliphatic heterocycles. The second kappa shape index (κ2) is 13.8. The van der Waals surface area contributed by atoms with E-state index in [4.69, 9.17) is 0 Å². The van der Waals surface area contributed by atoms with E-state index in [0.29, 0.717) is 48.2 Å². The molecule has 0 radical (unpaired) electrons. The van der Waals surface area contributed by atoms with Gasteiger partial charge in [0.25, 0.3) is 11.8 Å². The molecule has 8 nitrogen and oxygen atoms in total. The van der Waals surface area contributed by atoms with E-state index in [9.17, 15) is 19.2 Å². The number of amides is 4. The van der Waals surface area contributed by atoms with Crippen LogP contribution in [0.2, 0.25) is 0 Å². The minimum absolute atomic E-state index is 0.0786. The number of benzene rings is 4. The highest BCUT2D eigenvalue weighted by molar-refractivity contribution is 6.07. The third kappa shape index (κ3) is 7.21. The Bertz CT molecular complexity index is 1470. The lowest BCUT2D eigenvalue weighted by Crippen LogP contribution is -2.32. The molecular formula is C36H36N4O4. The van der Waals surface area contributed by atoms with E-state index in [1.54, 1.807) is 72.4 Å². The van der Waals surface area contributed by atoms with Crippen LogP contribution in [0.15, 0.2) is 109 Å². The first kappa shape index (κ1) is 30.2. The van der Waals surface area contributed by atoms with E-state index >= 15 is 0 Å².